The maximum absolute atomic E-state index is 11.7. The summed E-state index contributed by atoms with van der Waals surface area (Å²) in [5, 5.41) is 6.89. The number of anilines is 2. The summed E-state index contributed by atoms with van der Waals surface area (Å²) in [4.78, 5) is 11.7. The summed E-state index contributed by atoms with van der Waals surface area (Å²) in [5.41, 5.74) is 2.75. The summed E-state index contributed by atoms with van der Waals surface area (Å²) in [7, 11) is 0. The number of rotatable bonds is 7. The van der Waals surface area contributed by atoms with Crippen LogP contribution in [-0.2, 0) is 11.3 Å². The van der Waals surface area contributed by atoms with Crippen LogP contribution >= 0.6 is 11.6 Å². The van der Waals surface area contributed by atoms with Gasteiger partial charge in [0.15, 0.2) is 0 Å². The topological polar surface area (TPSA) is 50.4 Å². The number of hydrogen-bond acceptors (Lipinski definition) is 3. The van der Waals surface area contributed by atoms with E-state index in [1.54, 1.807) is 0 Å². The van der Waals surface area contributed by atoms with Gasteiger partial charge in [-0.05, 0) is 49.4 Å². The molecule has 5 heteroatoms. The molecule has 0 aliphatic rings. The van der Waals surface area contributed by atoms with Crippen LogP contribution in [0.25, 0.3) is 0 Å². The molecule has 0 radical (unpaired) electrons. The van der Waals surface area contributed by atoms with Crippen molar-refractivity contribution in [2.24, 2.45) is 5.92 Å². The minimum absolute atomic E-state index is 0.0102. The Morgan fingerprint density at radius 2 is 1.79 bits per heavy atom. The van der Waals surface area contributed by atoms with Crippen molar-refractivity contribution in [3.05, 3.63) is 53.1 Å². The van der Waals surface area contributed by atoms with Crippen molar-refractivity contribution >= 4 is 28.9 Å². The quantitative estimate of drug-likeness (QED) is 0.746. The van der Waals surface area contributed by atoms with Gasteiger partial charge in [-0.3, -0.25) is 4.79 Å². The zero-order valence-corrected chi connectivity index (χ0v) is 15.0. The molecule has 24 heavy (non-hydrogen) atoms. The molecule has 2 rings (SSSR count). The van der Waals surface area contributed by atoms with Crippen molar-refractivity contribution in [1.82, 2.24) is 0 Å². The Balaban J connectivity index is 2.00. The van der Waals surface area contributed by atoms with Crippen LogP contribution < -0.4 is 15.4 Å². The van der Waals surface area contributed by atoms with Crippen LogP contribution in [0.4, 0.5) is 11.4 Å². The van der Waals surface area contributed by atoms with Crippen LogP contribution in [0, 0.1) is 5.92 Å². The fraction of sp³-hybridized carbons (Fsp3) is 0.316. The molecule has 2 aromatic rings. The van der Waals surface area contributed by atoms with E-state index in [2.05, 4.69) is 10.6 Å². The SMILES string of the molecule is CCOc1ccc(Cl)cc1CNc1ccc(NC(=O)C(C)C)cc1. The molecule has 1 amide bonds. The first-order chi connectivity index (χ1) is 11.5. The van der Waals surface area contributed by atoms with Crippen molar-refractivity contribution in [2.45, 2.75) is 27.3 Å². The predicted molar refractivity (Wildman–Crippen MR) is 99.9 cm³/mol. The molecule has 0 bridgehead atoms. The summed E-state index contributed by atoms with van der Waals surface area (Å²) in [6.45, 7) is 6.90. The van der Waals surface area contributed by atoms with Gasteiger partial charge in [0.1, 0.15) is 5.75 Å². The van der Waals surface area contributed by atoms with E-state index in [0.29, 0.717) is 18.2 Å². The van der Waals surface area contributed by atoms with E-state index in [9.17, 15) is 4.79 Å². The van der Waals surface area contributed by atoms with E-state index in [4.69, 9.17) is 16.3 Å². The van der Waals surface area contributed by atoms with E-state index in [0.717, 1.165) is 22.7 Å². The lowest BCUT2D eigenvalue weighted by molar-refractivity contribution is -0.118. The third-order valence-electron chi connectivity index (χ3n) is 3.48. The van der Waals surface area contributed by atoms with Gasteiger partial charge < -0.3 is 15.4 Å². The van der Waals surface area contributed by atoms with Crippen molar-refractivity contribution < 1.29 is 9.53 Å². The van der Waals surface area contributed by atoms with E-state index in [1.807, 2.05) is 63.2 Å². The third-order valence-corrected chi connectivity index (χ3v) is 3.72. The number of carbonyl (C=O) groups excluding carboxylic acids is 1. The van der Waals surface area contributed by atoms with Gasteiger partial charge in [0.2, 0.25) is 5.91 Å². The summed E-state index contributed by atoms with van der Waals surface area (Å²) >= 11 is 6.07. The van der Waals surface area contributed by atoms with Crippen molar-refractivity contribution in [3.63, 3.8) is 0 Å². The number of nitrogens with one attached hydrogen (secondary N) is 2. The predicted octanol–water partition coefficient (Wildman–Crippen LogP) is 4.95. The highest BCUT2D eigenvalue weighted by Gasteiger charge is 2.07. The maximum atomic E-state index is 11.7. The van der Waals surface area contributed by atoms with Crippen LogP contribution in [0.2, 0.25) is 5.02 Å². The molecule has 4 nitrogen and oxygen atoms in total. The molecule has 0 saturated carbocycles. The van der Waals surface area contributed by atoms with Gasteiger partial charge in [-0.1, -0.05) is 25.4 Å². The summed E-state index contributed by atoms with van der Waals surface area (Å²) in [5.74, 6) is 0.800. The standard InChI is InChI=1S/C19H23ClN2O2/c1-4-24-18-10-5-15(20)11-14(18)12-21-16-6-8-17(9-7-16)22-19(23)13(2)3/h5-11,13,21H,4,12H2,1-3H3,(H,22,23). The fourth-order valence-corrected chi connectivity index (χ4v) is 2.33. The maximum Gasteiger partial charge on any atom is 0.226 e. The van der Waals surface area contributed by atoms with Crippen molar-refractivity contribution in [2.75, 3.05) is 17.2 Å². The molecule has 2 N–H and O–H groups in total. The second kappa shape index (κ2) is 8.60. The number of benzene rings is 2. The number of ether oxygens (including phenoxy) is 1. The third kappa shape index (κ3) is 5.17. The first-order valence-electron chi connectivity index (χ1n) is 8.05. The molecule has 0 spiro atoms. The second-order valence-corrected chi connectivity index (χ2v) is 6.20. The molecule has 0 atom stereocenters. The molecule has 2 aromatic carbocycles. The molecule has 0 saturated heterocycles. The van der Waals surface area contributed by atoms with Gasteiger partial charge in [-0.15, -0.1) is 0 Å². The zero-order valence-electron chi connectivity index (χ0n) is 14.2. The smallest absolute Gasteiger partial charge is 0.226 e. The van der Waals surface area contributed by atoms with Crippen LogP contribution in [0.3, 0.4) is 0 Å². The number of halogens is 1. The summed E-state index contributed by atoms with van der Waals surface area (Å²) in [6, 6.07) is 13.2. The molecule has 128 valence electrons. The monoisotopic (exact) mass is 346 g/mol. The Labute approximate surface area is 148 Å². The van der Waals surface area contributed by atoms with Crippen LogP contribution in [-0.4, -0.2) is 12.5 Å². The first-order valence-corrected chi connectivity index (χ1v) is 8.43. The Morgan fingerprint density at radius 3 is 2.42 bits per heavy atom. The van der Waals surface area contributed by atoms with Gasteiger partial charge in [0.05, 0.1) is 6.61 Å². The lowest BCUT2D eigenvalue weighted by Gasteiger charge is -2.13. The summed E-state index contributed by atoms with van der Waals surface area (Å²) in [6.07, 6.45) is 0. The normalized spacial score (nSPS) is 10.5. The minimum Gasteiger partial charge on any atom is -0.494 e. The van der Waals surface area contributed by atoms with E-state index < -0.39 is 0 Å². The minimum atomic E-state index is -0.0392. The van der Waals surface area contributed by atoms with Gasteiger partial charge >= 0.3 is 0 Å². The first kappa shape index (κ1) is 18.1. The van der Waals surface area contributed by atoms with Gasteiger partial charge in [0, 0.05) is 34.4 Å². The second-order valence-electron chi connectivity index (χ2n) is 5.76. The van der Waals surface area contributed by atoms with Gasteiger partial charge in [0.25, 0.3) is 0 Å². The molecule has 0 fully saturated rings. The largest absolute Gasteiger partial charge is 0.494 e. The number of carbonyl (C=O) groups is 1. The molecule has 0 aliphatic carbocycles. The Kier molecular flexibility index (Phi) is 6.50. The van der Waals surface area contributed by atoms with Crippen molar-refractivity contribution in [3.8, 4) is 5.75 Å². The molecule has 0 unspecified atom stereocenters. The highest BCUT2D eigenvalue weighted by Crippen LogP contribution is 2.24. The lowest BCUT2D eigenvalue weighted by Crippen LogP contribution is -2.17. The Hall–Kier alpha value is -2.20. The van der Waals surface area contributed by atoms with Crippen LogP contribution in [0.5, 0.6) is 5.75 Å². The van der Waals surface area contributed by atoms with Crippen LogP contribution in [0.1, 0.15) is 26.3 Å². The van der Waals surface area contributed by atoms with Gasteiger partial charge in [-0.25, -0.2) is 0 Å². The van der Waals surface area contributed by atoms with E-state index >= 15 is 0 Å². The summed E-state index contributed by atoms with van der Waals surface area (Å²) < 4.78 is 5.62. The Morgan fingerprint density at radius 1 is 1.12 bits per heavy atom. The average molecular weight is 347 g/mol. The Bertz CT molecular complexity index is 684. The van der Waals surface area contributed by atoms with Crippen LogP contribution in [0.15, 0.2) is 42.5 Å². The average Bonchev–Trinajstić information content (AvgIpc) is 2.56. The molecule has 0 aliphatic heterocycles. The molecular weight excluding hydrogens is 324 g/mol. The highest BCUT2D eigenvalue weighted by atomic mass is 35.5. The van der Waals surface area contributed by atoms with Gasteiger partial charge in [-0.2, -0.15) is 0 Å². The molecule has 0 heterocycles. The number of amides is 1. The molecular formula is C19H23ClN2O2. The highest BCUT2D eigenvalue weighted by molar-refractivity contribution is 6.30. The van der Waals surface area contributed by atoms with Crippen molar-refractivity contribution in [1.29, 1.82) is 0 Å². The van der Waals surface area contributed by atoms with E-state index in [1.165, 1.54) is 0 Å². The fourth-order valence-electron chi connectivity index (χ4n) is 2.14. The number of hydrogen-bond donors (Lipinski definition) is 2. The zero-order chi connectivity index (χ0) is 17.5. The van der Waals surface area contributed by atoms with E-state index in [-0.39, 0.29) is 11.8 Å². The lowest BCUT2D eigenvalue weighted by atomic mass is 10.2. The molecule has 0 aromatic heterocycles.